The van der Waals surface area contributed by atoms with Crippen LogP contribution in [-0.2, 0) is 6.42 Å². The SMILES string of the molecule is CN=C(NCCc1ccc(OC)cc1)N1CCN(c2ccccc2)CC1. The van der Waals surface area contributed by atoms with E-state index in [1.54, 1.807) is 7.11 Å². The van der Waals surface area contributed by atoms with Crippen LogP contribution in [0.25, 0.3) is 0 Å². The molecule has 1 aliphatic heterocycles. The smallest absolute Gasteiger partial charge is 0.193 e. The van der Waals surface area contributed by atoms with E-state index < -0.39 is 0 Å². The van der Waals surface area contributed by atoms with Gasteiger partial charge in [-0.2, -0.15) is 0 Å². The molecule has 0 aromatic heterocycles. The number of benzene rings is 2. The van der Waals surface area contributed by atoms with Gasteiger partial charge in [-0.3, -0.25) is 4.99 Å². The van der Waals surface area contributed by atoms with Crippen LogP contribution in [0.15, 0.2) is 59.6 Å². The van der Waals surface area contributed by atoms with Gasteiger partial charge < -0.3 is 19.9 Å². The number of hydrogen-bond donors (Lipinski definition) is 1. The van der Waals surface area contributed by atoms with Crippen molar-refractivity contribution in [2.75, 3.05) is 51.8 Å². The molecular formula is C21H28N4O. The van der Waals surface area contributed by atoms with Crippen LogP contribution in [0.2, 0.25) is 0 Å². The Labute approximate surface area is 156 Å². The number of methoxy groups -OCH3 is 1. The summed E-state index contributed by atoms with van der Waals surface area (Å²) < 4.78 is 5.20. The molecule has 0 bridgehead atoms. The third-order valence-corrected chi connectivity index (χ3v) is 4.77. The van der Waals surface area contributed by atoms with Crippen LogP contribution in [0.5, 0.6) is 5.75 Å². The highest BCUT2D eigenvalue weighted by atomic mass is 16.5. The van der Waals surface area contributed by atoms with Crippen molar-refractivity contribution in [3.8, 4) is 5.75 Å². The Hall–Kier alpha value is -2.69. The average molecular weight is 352 g/mol. The summed E-state index contributed by atoms with van der Waals surface area (Å²) in [6.45, 7) is 4.87. The fraction of sp³-hybridized carbons (Fsp3) is 0.381. The summed E-state index contributed by atoms with van der Waals surface area (Å²) in [7, 11) is 3.55. The molecule has 0 spiro atoms. The molecule has 2 aromatic carbocycles. The average Bonchev–Trinajstić information content (AvgIpc) is 2.72. The number of hydrogen-bond acceptors (Lipinski definition) is 3. The molecule has 0 atom stereocenters. The van der Waals surface area contributed by atoms with Gasteiger partial charge in [0.1, 0.15) is 5.75 Å². The standard InChI is InChI=1S/C21H28N4O/c1-22-21(23-13-12-18-8-10-20(26-2)11-9-18)25-16-14-24(15-17-25)19-6-4-3-5-7-19/h3-11H,12-17H2,1-2H3,(H,22,23). The maximum atomic E-state index is 5.20. The second kappa shape index (κ2) is 9.13. The fourth-order valence-corrected chi connectivity index (χ4v) is 3.26. The number of ether oxygens (including phenoxy) is 1. The molecule has 3 rings (SSSR count). The largest absolute Gasteiger partial charge is 0.497 e. The molecule has 1 saturated heterocycles. The van der Waals surface area contributed by atoms with E-state index in [2.05, 4.69) is 62.6 Å². The fourth-order valence-electron chi connectivity index (χ4n) is 3.26. The van der Waals surface area contributed by atoms with E-state index in [0.717, 1.165) is 50.9 Å². The third kappa shape index (κ3) is 4.69. The van der Waals surface area contributed by atoms with Crippen LogP contribution in [0.3, 0.4) is 0 Å². The molecule has 138 valence electrons. The van der Waals surface area contributed by atoms with Crippen molar-refractivity contribution in [1.82, 2.24) is 10.2 Å². The predicted octanol–water partition coefficient (Wildman–Crippen LogP) is 2.64. The second-order valence-electron chi connectivity index (χ2n) is 6.38. The lowest BCUT2D eigenvalue weighted by atomic mass is 10.1. The Morgan fingerprint density at radius 1 is 1.00 bits per heavy atom. The van der Waals surface area contributed by atoms with E-state index in [9.17, 15) is 0 Å². The zero-order valence-corrected chi connectivity index (χ0v) is 15.7. The molecule has 1 heterocycles. The quantitative estimate of drug-likeness (QED) is 0.663. The van der Waals surface area contributed by atoms with Gasteiger partial charge in [0.25, 0.3) is 0 Å². The van der Waals surface area contributed by atoms with Crippen molar-refractivity contribution in [3.05, 3.63) is 60.2 Å². The molecule has 2 aromatic rings. The molecule has 1 fully saturated rings. The number of anilines is 1. The molecule has 0 unspecified atom stereocenters. The molecule has 5 heteroatoms. The van der Waals surface area contributed by atoms with Crippen LogP contribution in [0.1, 0.15) is 5.56 Å². The lowest BCUT2D eigenvalue weighted by Crippen LogP contribution is -2.52. The molecule has 1 aliphatic rings. The minimum Gasteiger partial charge on any atom is -0.497 e. The van der Waals surface area contributed by atoms with Crippen molar-refractivity contribution in [3.63, 3.8) is 0 Å². The molecule has 0 radical (unpaired) electrons. The van der Waals surface area contributed by atoms with Gasteiger partial charge in [-0.25, -0.2) is 0 Å². The number of aliphatic imine (C=N–C) groups is 1. The predicted molar refractivity (Wildman–Crippen MR) is 108 cm³/mol. The Balaban J connectivity index is 1.46. The lowest BCUT2D eigenvalue weighted by Gasteiger charge is -2.37. The summed E-state index contributed by atoms with van der Waals surface area (Å²) in [5.41, 5.74) is 2.59. The van der Waals surface area contributed by atoms with Gasteiger partial charge in [-0.15, -0.1) is 0 Å². The van der Waals surface area contributed by atoms with E-state index in [0.29, 0.717) is 0 Å². The highest BCUT2D eigenvalue weighted by Crippen LogP contribution is 2.15. The van der Waals surface area contributed by atoms with Crippen LogP contribution in [0.4, 0.5) is 5.69 Å². The number of guanidine groups is 1. The maximum absolute atomic E-state index is 5.20. The number of nitrogens with zero attached hydrogens (tertiary/aromatic N) is 3. The highest BCUT2D eigenvalue weighted by Gasteiger charge is 2.19. The van der Waals surface area contributed by atoms with E-state index >= 15 is 0 Å². The van der Waals surface area contributed by atoms with Gasteiger partial charge in [0, 0.05) is 45.5 Å². The molecule has 0 aliphatic carbocycles. The van der Waals surface area contributed by atoms with Crippen molar-refractivity contribution in [2.24, 2.45) is 4.99 Å². The first kappa shape index (κ1) is 18.1. The van der Waals surface area contributed by atoms with Gasteiger partial charge in [-0.1, -0.05) is 30.3 Å². The minimum absolute atomic E-state index is 0.873. The summed E-state index contributed by atoms with van der Waals surface area (Å²) in [6, 6.07) is 18.9. The summed E-state index contributed by atoms with van der Waals surface area (Å²) in [4.78, 5) is 9.23. The van der Waals surface area contributed by atoms with E-state index in [4.69, 9.17) is 4.74 Å². The van der Waals surface area contributed by atoms with Crippen molar-refractivity contribution >= 4 is 11.6 Å². The van der Waals surface area contributed by atoms with Crippen molar-refractivity contribution < 1.29 is 4.74 Å². The Kier molecular flexibility index (Phi) is 6.36. The summed E-state index contributed by atoms with van der Waals surface area (Å²) >= 11 is 0. The number of nitrogens with one attached hydrogen (secondary N) is 1. The lowest BCUT2D eigenvalue weighted by molar-refractivity contribution is 0.373. The van der Waals surface area contributed by atoms with Gasteiger partial charge in [-0.05, 0) is 36.2 Å². The number of rotatable bonds is 5. The van der Waals surface area contributed by atoms with Crippen LogP contribution in [-0.4, -0.2) is 57.7 Å². The zero-order valence-electron chi connectivity index (χ0n) is 15.7. The highest BCUT2D eigenvalue weighted by molar-refractivity contribution is 5.80. The van der Waals surface area contributed by atoms with Gasteiger partial charge >= 0.3 is 0 Å². The van der Waals surface area contributed by atoms with Crippen molar-refractivity contribution in [1.29, 1.82) is 0 Å². The monoisotopic (exact) mass is 352 g/mol. The first-order valence-electron chi connectivity index (χ1n) is 9.18. The van der Waals surface area contributed by atoms with Gasteiger partial charge in [0.05, 0.1) is 7.11 Å². The normalized spacial score (nSPS) is 15.1. The first-order valence-corrected chi connectivity index (χ1v) is 9.18. The van der Waals surface area contributed by atoms with Crippen LogP contribution < -0.4 is 15.0 Å². The second-order valence-corrected chi connectivity index (χ2v) is 6.38. The summed E-state index contributed by atoms with van der Waals surface area (Å²) in [6.07, 6.45) is 0.965. The van der Waals surface area contributed by atoms with Crippen molar-refractivity contribution in [2.45, 2.75) is 6.42 Å². The van der Waals surface area contributed by atoms with Crippen LogP contribution >= 0.6 is 0 Å². The molecule has 0 saturated carbocycles. The van der Waals surface area contributed by atoms with Crippen LogP contribution in [0, 0.1) is 0 Å². The third-order valence-electron chi connectivity index (χ3n) is 4.77. The maximum Gasteiger partial charge on any atom is 0.193 e. The Morgan fingerprint density at radius 3 is 2.31 bits per heavy atom. The molecule has 0 amide bonds. The first-order chi connectivity index (χ1) is 12.8. The van der Waals surface area contributed by atoms with Gasteiger partial charge in [0.15, 0.2) is 5.96 Å². The van der Waals surface area contributed by atoms with Gasteiger partial charge in [0.2, 0.25) is 0 Å². The number of piperazine rings is 1. The zero-order chi connectivity index (χ0) is 18.2. The summed E-state index contributed by atoms with van der Waals surface area (Å²) in [5.74, 6) is 1.89. The Bertz CT molecular complexity index is 692. The topological polar surface area (TPSA) is 40.1 Å². The number of para-hydroxylation sites is 1. The van der Waals surface area contributed by atoms with E-state index in [-0.39, 0.29) is 0 Å². The van der Waals surface area contributed by atoms with E-state index in [1.807, 2.05) is 19.2 Å². The molecular weight excluding hydrogens is 324 g/mol. The molecule has 26 heavy (non-hydrogen) atoms. The van der Waals surface area contributed by atoms with E-state index in [1.165, 1.54) is 11.3 Å². The summed E-state index contributed by atoms with van der Waals surface area (Å²) in [5, 5.41) is 3.50. The minimum atomic E-state index is 0.873. The molecule has 1 N–H and O–H groups in total. The Morgan fingerprint density at radius 2 is 1.69 bits per heavy atom. The molecule has 5 nitrogen and oxygen atoms in total.